The van der Waals surface area contributed by atoms with Gasteiger partial charge in [-0.1, -0.05) is 40.2 Å². The molecule has 3 atom stereocenters. The van der Waals surface area contributed by atoms with Gasteiger partial charge in [0, 0.05) is 18.0 Å². The molecule has 31 heavy (non-hydrogen) atoms. The minimum atomic E-state index is 0.261. The molecule has 1 saturated carbocycles. The summed E-state index contributed by atoms with van der Waals surface area (Å²) in [5, 5.41) is 3.64. The highest BCUT2D eigenvalue weighted by atomic mass is 16.5. The van der Waals surface area contributed by atoms with Gasteiger partial charge in [0.05, 0.1) is 7.11 Å². The van der Waals surface area contributed by atoms with Crippen molar-refractivity contribution in [3.05, 3.63) is 29.3 Å². The van der Waals surface area contributed by atoms with Crippen LogP contribution in [0.3, 0.4) is 0 Å². The van der Waals surface area contributed by atoms with Crippen molar-refractivity contribution in [2.75, 3.05) is 33.3 Å². The first-order chi connectivity index (χ1) is 14.9. The lowest BCUT2D eigenvalue weighted by Gasteiger charge is -2.52. The van der Waals surface area contributed by atoms with Crippen LogP contribution in [-0.2, 0) is 11.8 Å². The van der Waals surface area contributed by atoms with Gasteiger partial charge in [-0.15, -0.1) is 0 Å². The summed E-state index contributed by atoms with van der Waals surface area (Å²) in [6.07, 6.45) is 9.13. The van der Waals surface area contributed by atoms with E-state index in [2.05, 4.69) is 63.0 Å². The molecule has 1 aliphatic heterocycles. The lowest BCUT2D eigenvalue weighted by Crippen LogP contribution is -2.54. The Kier molecular flexibility index (Phi) is 8.87. The molecule has 1 heterocycles. The van der Waals surface area contributed by atoms with Crippen molar-refractivity contribution in [3.8, 4) is 5.75 Å². The zero-order valence-corrected chi connectivity index (χ0v) is 21.2. The van der Waals surface area contributed by atoms with Crippen LogP contribution >= 0.6 is 0 Å². The summed E-state index contributed by atoms with van der Waals surface area (Å²) in [5.41, 5.74) is 3.36. The zero-order valence-electron chi connectivity index (χ0n) is 21.2. The maximum atomic E-state index is 5.69. The molecular weight excluding hydrogens is 380 g/mol. The van der Waals surface area contributed by atoms with Crippen LogP contribution < -0.4 is 10.1 Å². The smallest absolute Gasteiger partial charge is 0.119 e. The van der Waals surface area contributed by atoms with Crippen molar-refractivity contribution in [2.45, 2.75) is 91.0 Å². The molecule has 3 rings (SSSR count). The number of unbranched alkanes of at least 4 members (excludes halogenated alkanes) is 1. The van der Waals surface area contributed by atoms with E-state index in [9.17, 15) is 0 Å². The van der Waals surface area contributed by atoms with E-state index in [-0.39, 0.29) is 5.41 Å². The molecule has 1 aliphatic carbocycles. The Morgan fingerprint density at radius 1 is 1.19 bits per heavy atom. The summed E-state index contributed by atoms with van der Waals surface area (Å²) in [4.78, 5) is 2.80. The summed E-state index contributed by atoms with van der Waals surface area (Å²) in [5.74, 6) is 3.37. The molecule has 2 fully saturated rings. The van der Waals surface area contributed by atoms with E-state index in [0.29, 0.717) is 12.0 Å². The molecule has 1 aromatic carbocycles. The number of methoxy groups -OCH3 is 1. The Morgan fingerprint density at radius 3 is 2.61 bits per heavy atom. The maximum absolute atomic E-state index is 5.69. The minimum absolute atomic E-state index is 0.261. The van der Waals surface area contributed by atoms with Crippen LogP contribution in [0.25, 0.3) is 0 Å². The Balaban J connectivity index is 1.80. The van der Waals surface area contributed by atoms with Crippen LogP contribution in [0.4, 0.5) is 0 Å². The van der Waals surface area contributed by atoms with Crippen molar-refractivity contribution in [2.24, 2.45) is 17.8 Å². The Bertz CT molecular complexity index is 684. The van der Waals surface area contributed by atoms with Gasteiger partial charge in [0.2, 0.25) is 0 Å². The number of rotatable bonds is 12. The van der Waals surface area contributed by atoms with E-state index < -0.39 is 0 Å². The Labute approximate surface area is 192 Å². The van der Waals surface area contributed by atoms with Crippen LogP contribution in [-0.4, -0.2) is 44.2 Å². The Morgan fingerprint density at radius 2 is 1.97 bits per heavy atom. The van der Waals surface area contributed by atoms with E-state index in [0.717, 1.165) is 37.1 Å². The van der Waals surface area contributed by atoms with E-state index in [4.69, 9.17) is 4.74 Å². The SMILES string of the molecule is CCc1ccc(OC)cc1[C@@]1(CCCCNCC(C)C)CCN(CC2CC2)C(C)[C@@H]1C. The molecule has 176 valence electrons. The van der Waals surface area contributed by atoms with Gasteiger partial charge < -0.3 is 15.0 Å². The van der Waals surface area contributed by atoms with Crippen molar-refractivity contribution in [1.29, 1.82) is 0 Å². The number of nitrogens with zero attached hydrogens (tertiary/aromatic N) is 1. The van der Waals surface area contributed by atoms with Crippen LogP contribution in [0.1, 0.15) is 84.3 Å². The molecule has 3 heteroatoms. The molecule has 3 nitrogen and oxygen atoms in total. The summed E-state index contributed by atoms with van der Waals surface area (Å²) >= 11 is 0. The van der Waals surface area contributed by atoms with E-state index in [1.54, 1.807) is 5.56 Å². The highest BCUT2D eigenvalue weighted by molar-refractivity contribution is 5.42. The molecule has 1 aromatic rings. The fourth-order valence-electron chi connectivity index (χ4n) is 5.84. The van der Waals surface area contributed by atoms with Crippen LogP contribution in [0.15, 0.2) is 18.2 Å². The quantitative estimate of drug-likeness (QED) is 0.410. The molecule has 1 unspecified atom stereocenters. The third-order valence-corrected chi connectivity index (χ3v) is 8.22. The first kappa shape index (κ1) is 24.6. The number of ether oxygens (including phenoxy) is 1. The fourth-order valence-corrected chi connectivity index (χ4v) is 5.84. The number of nitrogens with one attached hydrogen (secondary N) is 1. The van der Waals surface area contributed by atoms with Gasteiger partial charge in [-0.25, -0.2) is 0 Å². The second kappa shape index (κ2) is 11.2. The number of hydrogen-bond donors (Lipinski definition) is 1. The monoisotopic (exact) mass is 428 g/mol. The first-order valence-corrected chi connectivity index (χ1v) is 13.0. The van der Waals surface area contributed by atoms with Crippen LogP contribution in [0.5, 0.6) is 5.75 Å². The molecule has 0 radical (unpaired) electrons. The highest BCUT2D eigenvalue weighted by Crippen LogP contribution is 2.49. The zero-order chi connectivity index (χ0) is 22.4. The van der Waals surface area contributed by atoms with Crippen LogP contribution in [0.2, 0.25) is 0 Å². The van der Waals surface area contributed by atoms with Gasteiger partial charge in [-0.05, 0) is 106 Å². The largest absolute Gasteiger partial charge is 0.497 e. The summed E-state index contributed by atoms with van der Waals surface area (Å²) in [6, 6.07) is 7.51. The Hall–Kier alpha value is -1.06. The highest BCUT2D eigenvalue weighted by Gasteiger charge is 2.46. The summed E-state index contributed by atoms with van der Waals surface area (Å²) < 4.78 is 5.69. The molecule has 0 amide bonds. The maximum Gasteiger partial charge on any atom is 0.119 e. The standard InChI is InChI=1S/C28H48N2O/c1-7-25-12-13-26(31-6)18-27(25)28(14-8-9-16-29-19-21(2)3)15-17-30(20-24-10-11-24)23(5)22(28)4/h12-13,18,21-24,29H,7-11,14-17,19-20H2,1-6H3/t22-,23?,28-/m0/s1. The lowest BCUT2D eigenvalue weighted by atomic mass is 9.60. The fraction of sp³-hybridized carbons (Fsp3) is 0.786. The summed E-state index contributed by atoms with van der Waals surface area (Å²) in [6.45, 7) is 16.8. The van der Waals surface area contributed by atoms with E-state index >= 15 is 0 Å². The molecule has 1 saturated heterocycles. The van der Waals surface area contributed by atoms with Gasteiger partial charge in [0.25, 0.3) is 0 Å². The molecular formula is C28H48N2O. The molecule has 0 bridgehead atoms. The minimum Gasteiger partial charge on any atom is -0.497 e. The van der Waals surface area contributed by atoms with Crippen molar-refractivity contribution in [3.63, 3.8) is 0 Å². The van der Waals surface area contributed by atoms with E-state index in [1.165, 1.54) is 57.2 Å². The average Bonchev–Trinajstić information content (AvgIpc) is 3.59. The molecule has 0 aromatic heterocycles. The third kappa shape index (κ3) is 6.05. The molecule has 2 aliphatic rings. The molecule has 1 N–H and O–H groups in total. The second-order valence-electron chi connectivity index (χ2n) is 10.8. The van der Waals surface area contributed by atoms with Gasteiger partial charge >= 0.3 is 0 Å². The average molecular weight is 429 g/mol. The van der Waals surface area contributed by atoms with Gasteiger partial charge in [-0.2, -0.15) is 0 Å². The van der Waals surface area contributed by atoms with Crippen molar-refractivity contribution < 1.29 is 4.74 Å². The lowest BCUT2D eigenvalue weighted by molar-refractivity contribution is 0.0349. The second-order valence-corrected chi connectivity index (χ2v) is 10.8. The molecule has 0 spiro atoms. The predicted octanol–water partition coefficient (Wildman–Crippen LogP) is 6.05. The number of aryl methyl sites for hydroxylation is 1. The number of hydrogen-bond acceptors (Lipinski definition) is 3. The van der Waals surface area contributed by atoms with E-state index in [1.807, 2.05) is 7.11 Å². The van der Waals surface area contributed by atoms with Crippen molar-refractivity contribution in [1.82, 2.24) is 10.2 Å². The van der Waals surface area contributed by atoms with Gasteiger partial charge in [-0.3, -0.25) is 0 Å². The topological polar surface area (TPSA) is 24.5 Å². The van der Waals surface area contributed by atoms with Gasteiger partial charge in [0.15, 0.2) is 0 Å². The number of likely N-dealkylation sites (tertiary alicyclic amines) is 1. The van der Waals surface area contributed by atoms with Crippen LogP contribution in [0, 0.1) is 17.8 Å². The van der Waals surface area contributed by atoms with Crippen molar-refractivity contribution >= 4 is 0 Å². The first-order valence-electron chi connectivity index (χ1n) is 13.0. The predicted molar refractivity (Wildman–Crippen MR) is 133 cm³/mol. The number of benzene rings is 1. The normalized spacial score (nSPS) is 27.1. The van der Waals surface area contributed by atoms with Gasteiger partial charge in [0.1, 0.15) is 5.75 Å². The number of piperidine rings is 1. The summed E-state index contributed by atoms with van der Waals surface area (Å²) in [7, 11) is 1.81. The third-order valence-electron chi connectivity index (χ3n) is 8.22.